The van der Waals surface area contributed by atoms with E-state index in [4.69, 9.17) is 10.5 Å². The molecule has 0 heterocycles. The van der Waals surface area contributed by atoms with Crippen LogP contribution < -0.4 is 16.4 Å². The van der Waals surface area contributed by atoms with Gasteiger partial charge in [0, 0.05) is 28.4 Å². The molecule has 1 aliphatic carbocycles. The minimum atomic E-state index is -0.579. The number of benzene rings is 3. The van der Waals surface area contributed by atoms with E-state index in [1.54, 1.807) is 24.3 Å². The largest absolute Gasteiger partial charge is 0.444 e. The normalized spacial score (nSPS) is 18.5. The number of halogens is 1. The maximum atomic E-state index is 12.9. The first kappa shape index (κ1) is 24.3. The summed E-state index contributed by atoms with van der Waals surface area (Å²) in [6.07, 6.45) is 1.24. The number of nitrogens with two attached hydrogens (primary N) is 1. The Morgan fingerprint density at radius 3 is 2.45 bits per heavy atom. The lowest BCUT2D eigenvalue weighted by Crippen LogP contribution is -2.23. The minimum Gasteiger partial charge on any atom is -0.444 e. The molecule has 2 atom stereocenters. The molecule has 172 valence electrons. The molecule has 1 saturated carbocycles. The lowest BCUT2D eigenvalue weighted by atomic mass is 10.0. The monoisotopic (exact) mass is 465 g/mol. The second kappa shape index (κ2) is 10.5. The third-order valence-electron chi connectivity index (χ3n) is 5.94. The second-order valence-electron chi connectivity index (χ2n) is 8.15. The number of hydrogen-bond donors (Lipinski definition) is 3. The van der Waals surface area contributed by atoms with Crippen LogP contribution in [0.2, 0.25) is 0 Å². The number of carbonyl (C=O) groups is 2. The van der Waals surface area contributed by atoms with Crippen molar-refractivity contribution in [3.05, 3.63) is 95.6 Å². The molecule has 1 aliphatic rings. The number of amides is 2. The van der Waals surface area contributed by atoms with Gasteiger partial charge in [0.1, 0.15) is 6.61 Å². The molecular formula is C26H28ClN3O3. The minimum absolute atomic E-state index is 0. The lowest BCUT2D eigenvalue weighted by molar-refractivity contribution is 0.102. The number of carbonyl (C=O) groups excluding carboxylic acids is 2. The number of ether oxygens (including phenoxy) is 1. The van der Waals surface area contributed by atoms with Gasteiger partial charge in [0.05, 0.1) is 0 Å². The molecule has 3 aromatic carbocycles. The van der Waals surface area contributed by atoms with Gasteiger partial charge in [-0.05, 0) is 48.2 Å². The lowest BCUT2D eigenvalue weighted by Gasteiger charge is -2.14. The Balaban J connectivity index is 0.00000306. The molecule has 0 bridgehead atoms. The smallest absolute Gasteiger partial charge is 0.411 e. The van der Waals surface area contributed by atoms with E-state index >= 15 is 0 Å². The molecule has 0 saturated heterocycles. The molecule has 0 spiro atoms. The predicted molar refractivity (Wildman–Crippen MR) is 133 cm³/mol. The van der Waals surface area contributed by atoms with Gasteiger partial charge in [0.2, 0.25) is 0 Å². The number of para-hydroxylation sites is 1. The van der Waals surface area contributed by atoms with Crippen LogP contribution in [-0.4, -0.2) is 17.5 Å². The van der Waals surface area contributed by atoms with Gasteiger partial charge in [-0.1, -0.05) is 61.5 Å². The zero-order valence-corrected chi connectivity index (χ0v) is 19.2. The van der Waals surface area contributed by atoms with E-state index in [2.05, 4.69) is 17.6 Å². The van der Waals surface area contributed by atoms with Crippen molar-refractivity contribution >= 4 is 35.8 Å². The maximum absolute atomic E-state index is 12.9. The summed E-state index contributed by atoms with van der Waals surface area (Å²) in [5, 5.41) is 5.67. The SMILES string of the molecule is CCC1(N)CC1c1ccccc1NC(=O)c1cccc(NC(=O)OCc2ccccc2)c1.Cl. The average molecular weight is 466 g/mol. The molecule has 33 heavy (non-hydrogen) atoms. The zero-order chi connectivity index (χ0) is 22.6. The van der Waals surface area contributed by atoms with Crippen molar-refractivity contribution in [2.75, 3.05) is 10.6 Å². The highest BCUT2D eigenvalue weighted by Gasteiger charge is 2.50. The van der Waals surface area contributed by atoms with Gasteiger partial charge in [0.15, 0.2) is 0 Å². The highest BCUT2D eigenvalue weighted by atomic mass is 35.5. The van der Waals surface area contributed by atoms with E-state index < -0.39 is 6.09 Å². The second-order valence-corrected chi connectivity index (χ2v) is 8.15. The Morgan fingerprint density at radius 1 is 1.00 bits per heavy atom. The fourth-order valence-corrected chi connectivity index (χ4v) is 3.86. The fourth-order valence-electron chi connectivity index (χ4n) is 3.86. The number of anilines is 2. The summed E-state index contributed by atoms with van der Waals surface area (Å²) in [5.41, 5.74) is 9.85. The van der Waals surface area contributed by atoms with Crippen molar-refractivity contribution in [1.82, 2.24) is 0 Å². The molecule has 0 radical (unpaired) electrons. The molecule has 2 unspecified atom stereocenters. The van der Waals surface area contributed by atoms with E-state index in [1.807, 2.05) is 54.6 Å². The van der Waals surface area contributed by atoms with Crippen LogP contribution in [0.5, 0.6) is 0 Å². The predicted octanol–water partition coefficient (Wildman–Crippen LogP) is 5.70. The molecule has 0 aromatic heterocycles. The van der Waals surface area contributed by atoms with Crippen LogP contribution >= 0.6 is 12.4 Å². The van der Waals surface area contributed by atoms with Crippen LogP contribution in [0.3, 0.4) is 0 Å². The molecule has 0 aliphatic heterocycles. The van der Waals surface area contributed by atoms with Gasteiger partial charge in [-0.2, -0.15) is 0 Å². The Hall–Kier alpha value is -3.35. The first-order chi connectivity index (χ1) is 15.5. The van der Waals surface area contributed by atoms with Crippen LogP contribution in [0.1, 0.15) is 47.2 Å². The van der Waals surface area contributed by atoms with Gasteiger partial charge in [-0.25, -0.2) is 4.79 Å². The summed E-state index contributed by atoms with van der Waals surface area (Å²) >= 11 is 0. The van der Waals surface area contributed by atoms with Crippen LogP contribution in [-0.2, 0) is 11.3 Å². The van der Waals surface area contributed by atoms with Crippen LogP contribution in [0.4, 0.5) is 16.2 Å². The van der Waals surface area contributed by atoms with Gasteiger partial charge in [-0.3, -0.25) is 10.1 Å². The molecular weight excluding hydrogens is 438 g/mol. The Kier molecular flexibility index (Phi) is 7.74. The van der Waals surface area contributed by atoms with Crippen molar-refractivity contribution in [2.24, 2.45) is 5.73 Å². The average Bonchev–Trinajstić information content (AvgIpc) is 3.50. The molecule has 4 rings (SSSR count). The highest BCUT2D eigenvalue weighted by molar-refractivity contribution is 6.05. The summed E-state index contributed by atoms with van der Waals surface area (Å²) in [6.45, 7) is 2.26. The van der Waals surface area contributed by atoms with Crippen LogP contribution in [0, 0.1) is 0 Å². The molecule has 2 amide bonds. The highest BCUT2D eigenvalue weighted by Crippen LogP contribution is 2.53. The van der Waals surface area contributed by atoms with Gasteiger partial charge < -0.3 is 15.8 Å². The molecule has 4 N–H and O–H groups in total. The first-order valence-electron chi connectivity index (χ1n) is 10.8. The molecule has 7 heteroatoms. The fraction of sp³-hybridized carbons (Fsp3) is 0.231. The van der Waals surface area contributed by atoms with Crippen molar-refractivity contribution < 1.29 is 14.3 Å². The third kappa shape index (κ3) is 5.92. The molecule has 6 nitrogen and oxygen atoms in total. The maximum Gasteiger partial charge on any atom is 0.411 e. The Morgan fingerprint density at radius 2 is 1.73 bits per heavy atom. The van der Waals surface area contributed by atoms with E-state index in [0.29, 0.717) is 11.3 Å². The number of nitrogens with one attached hydrogen (secondary N) is 2. The van der Waals surface area contributed by atoms with Crippen molar-refractivity contribution in [1.29, 1.82) is 0 Å². The van der Waals surface area contributed by atoms with Gasteiger partial charge in [-0.15, -0.1) is 12.4 Å². The topological polar surface area (TPSA) is 93.5 Å². The Bertz CT molecular complexity index is 1120. The molecule has 1 fully saturated rings. The van der Waals surface area contributed by atoms with Gasteiger partial charge in [0.25, 0.3) is 5.91 Å². The van der Waals surface area contributed by atoms with Crippen molar-refractivity contribution in [2.45, 2.75) is 37.8 Å². The standard InChI is InChI=1S/C26H27N3O3.ClH/c1-2-26(27)16-22(26)21-13-6-7-14-23(21)29-24(30)19-11-8-12-20(15-19)28-25(31)32-17-18-9-4-3-5-10-18;/h3-15,22H,2,16-17,27H2,1H3,(H,28,31)(H,29,30);1H. The summed E-state index contributed by atoms with van der Waals surface area (Å²) in [5.74, 6) is -0.00471. The van der Waals surface area contributed by atoms with Crippen LogP contribution in [0.15, 0.2) is 78.9 Å². The van der Waals surface area contributed by atoms with Crippen molar-refractivity contribution in [3.8, 4) is 0 Å². The zero-order valence-electron chi connectivity index (χ0n) is 18.4. The van der Waals surface area contributed by atoms with Crippen LogP contribution in [0.25, 0.3) is 0 Å². The molecule has 3 aromatic rings. The Labute approximate surface area is 199 Å². The third-order valence-corrected chi connectivity index (χ3v) is 5.94. The van der Waals surface area contributed by atoms with E-state index in [0.717, 1.165) is 29.7 Å². The van der Waals surface area contributed by atoms with Gasteiger partial charge >= 0.3 is 6.09 Å². The number of rotatable bonds is 7. The van der Waals surface area contributed by atoms with E-state index in [-0.39, 0.29) is 36.4 Å². The summed E-state index contributed by atoms with van der Waals surface area (Å²) in [4.78, 5) is 25.0. The quantitative estimate of drug-likeness (QED) is 0.417. The first-order valence-corrected chi connectivity index (χ1v) is 10.8. The van der Waals surface area contributed by atoms with Crippen molar-refractivity contribution in [3.63, 3.8) is 0 Å². The van der Waals surface area contributed by atoms with E-state index in [1.165, 1.54) is 0 Å². The summed E-state index contributed by atoms with van der Waals surface area (Å²) < 4.78 is 5.24. The van der Waals surface area contributed by atoms with E-state index in [9.17, 15) is 9.59 Å². The number of hydrogen-bond acceptors (Lipinski definition) is 4. The summed E-state index contributed by atoms with van der Waals surface area (Å²) in [6, 6.07) is 24.0. The summed E-state index contributed by atoms with van der Waals surface area (Å²) in [7, 11) is 0.